The van der Waals surface area contributed by atoms with E-state index in [1.54, 1.807) is 0 Å². The second-order valence-electron chi connectivity index (χ2n) is 5.05. The minimum Gasteiger partial charge on any atom is -0.313 e. The summed E-state index contributed by atoms with van der Waals surface area (Å²) in [4.78, 5) is 0. The van der Waals surface area contributed by atoms with Gasteiger partial charge in [0, 0.05) is 12.6 Å². The average Bonchev–Trinajstić information content (AvgIpc) is 2.76. The monoisotopic (exact) mass is 244 g/mol. The van der Waals surface area contributed by atoms with Gasteiger partial charge in [-0.1, -0.05) is 12.2 Å². The van der Waals surface area contributed by atoms with Crippen molar-refractivity contribution in [1.29, 1.82) is 0 Å². The summed E-state index contributed by atoms with van der Waals surface area (Å²) in [5, 5.41) is 8.23. The molecule has 4 unspecified atom stereocenters. The van der Waals surface area contributed by atoms with Gasteiger partial charge in [-0.25, -0.2) is 13.6 Å². The van der Waals surface area contributed by atoms with Crippen LogP contribution in [0.4, 0.5) is 0 Å². The Balaban J connectivity index is 1.77. The van der Waals surface area contributed by atoms with E-state index in [0.29, 0.717) is 24.4 Å². The van der Waals surface area contributed by atoms with Gasteiger partial charge in [0.15, 0.2) is 0 Å². The molecule has 4 atom stereocenters. The smallest absolute Gasteiger partial charge is 0.210 e. The van der Waals surface area contributed by atoms with Gasteiger partial charge in [0.2, 0.25) is 10.0 Å². The van der Waals surface area contributed by atoms with Crippen LogP contribution in [-0.2, 0) is 10.0 Å². The first kappa shape index (κ1) is 12.1. The minimum absolute atomic E-state index is 0.0218. The van der Waals surface area contributed by atoms with Crippen LogP contribution in [0.2, 0.25) is 0 Å². The van der Waals surface area contributed by atoms with Crippen molar-refractivity contribution in [1.82, 2.24) is 5.32 Å². The Kier molecular flexibility index (Phi) is 3.37. The summed E-state index contributed by atoms with van der Waals surface area (Å²) < 4.78 is 21.6. The van der Waals surface area contributed by atoms with E-state index < -0.39 is 10.0 Å². The maximum atomic E-state index is 10.8. The molecule has 2 rings (SSSR count). The quantitative estimate of drug-likeness (QED) is 0.690. The van der Waals surface area contributed by atoms with Crippen LogP contribution in [0.1, 0.15) is 19.8 Å². The fraction of sp³-hybridized carbons (Fsp3) is 0.818. The molecule has 3 N–H and O–H groups in total. The molecule has 0 aromatic rings. The van der Waals surface area contributed by atoms with Gasteiger partial charge in [-0.2, -0.15) is 0 Å². The zero-order chi connectivity index (χ0) is 11.8. The summed E-state index contributed by atoms with van der Waals surface area (Å²) in [5.41, 5.74) is 0. The Labute approximate surface area is 97.3 Å². The molecule has 0 aromatic heterocycles. The fourth-order valence-corrected chi connectivity index (χ4v) is 3.38. The number of rotatable bonds is 5. The molecule has 1 saturated carbocycles. The van der Waals surface area contributed by atoms with Crippen LogP contribution >= 0.6 is 0 Å². The van der Waals surface area contributed by atoms with Crippen LogP contribution in [-0.4, -0.2) is 26.8 Å². The first-order valence-electron chi connectivity index (χ1n) is 5.88. The van der Waals surface area contributed by atoms with Gasteiger partial charge in [0.25, 0.3) is 0 Å². The summed E-state index contributed by atoms with van der Waals surface area (Å²) in [7, 11) is -3.33. The van der Waals surface area contributed by atoms with Crippen molar-refractivity contribution in [3.63, 3.8) is 0 Å². The number of nitrogens with one attached hydrogen (secondary N) is 1. The van der Waals surface area contributed by atoms with Crippen LogP contribution in [0.5, 0.6) is 0 Å². The molecule has 5 heteroatoms. The molecule has 2 bridgehead atoms. The predicted octanol–water partition coefficient (Wildman–Crippen LogP) is 0.465. The third-order valence-electron chi connectivity index (χ3n) is 3.83. The van der Waals surface area contributed by atoms with E-state index in [9.17, 15) is 8.42 Å². The summed E-state index contributed by atoms with van der Waals surface area (Å²) in [6, 6.07) is 0.377. The highest BCUT2D eigenvalue weighted by Gasteiger charge is 2.38. The van der Waals surface area contributed by atoms with Crippen molar-refractivity contribution in [2.24, 2.45) is 22.9 Å². The van der Waals surface area contributed by atoms with Crippen LogP contribution < -0.4 is 10.5 Å². The highest BCUT2D eigenvalue weighted by molar-refractivity contribution is 7.89. The lowest BCUT2D eigenvalue weighted by molar-refractivity contribution is 0.333. The van der Waals surface area contributed by atoms with Gasteiger partial charge < -0.3 is 5.32 Å². The first-order chi connectivity index (χ1) is 7.46. The molecule has 4 nitrogen and oxygen atoms in total. The van der Waals surface area contributed by atoms with E-state index in [1.165, 1.54) is 12.8 Å². The number of nitrogens with two attached hydrogens (primary N) is 1. The van der Waals surface area contributed by atoms with Crippen molar-refractivity contribution in [2.45, 2.75) is 25.8 Å². The Hall–Kier alpha value is -0.390. The van der Waals surface area contributed by atoms with E-state index in [1.807, 2.05) is 0 Å². The molecular weight excluding hydrogens is 224 g/mol. The molecule has 92 valence electrons. The zero-order valence-electron chi connectivity index (χ0n) is 9.59. The molecule has 16 heavy (non-hydrogen) atoms. The second kappa shape index (κ2) is 4.47. The van der Waals surface area contributed by atoms with Gasteiger partial charge in [0.1, 0.15) is 0 Å². The van der Waals surface area contributed by atoms with Crippen molar-refractivity contribution in [2.75, 3.05) is 12.3 Å². The lowest BCUT2D eigenvalue weighted by Crippen LogP contribution is -2.39. The van der Waals surface area contributed by atoms with Gasteiger partial charge in [-0.3, -0.25) is 0 Å². The number of hydrogen-bond acceptors (Lipinski definition) is 3. The molecule has 2 aliphatic carbocycles. The third kappa shape index (κ3) is 2.84. The van der Waals surface area contributed by atoms with Crippen molar-refractivity contribution in [3.05, 3.63) is 12.2 Å². The van der Waals surface area contributed by atoms with Crippen LogP contribution in [0, 0.1) is 17.8 Å². The lowest BCUT2D eigenvalue weighted by Gasteiger charge is -2.26. The van der Waals surface area contributed by atoms with Gasteiger partial charge in [-0.05, 0) is 37.5 Å². The Morgan fingerprint density at radius 1 is 1.44 bits per heavy atom. The third-order valence-corrected chi connectivity index (χ3v) is 4.60. The first-order valence-corrected chi connectivity index (χ1v) is 7.59. The van der Waals surface area contributed by atoms with Crippen LogP contribution in [0.3, 0.4) is 0 Å². The molecule has 0 radical (unpaired) electrons. The molecule has 0 amide bonds. The highest BCUT2D eigenvalue weighted by atomic mass is 32.2. The normalized spacial score (nSPS) is 34.5. The van der Waals surface area contributed by atoms with E-state index >= 15 is 0 Å². The van der Waals surface area contributed by atoms with E-state index in [2.05, 4.69) is 24.4 Å². The zero-order valence-corrected chi connectivity index (χ0v) is 10.4. The SMILES string of the molecule is CC(NCCS(N)(=O)=O)C1CC2C=CC1C2. The van der Waals surface area contributed by atoms with Gasteiger partial charge in [-0.15, -0.1) is 0 Å². The average molecular weight is 244 g/mol. The maximum absolute atomic E-state index is 10.8. The largest absolute Gasteiger partial charge is 0.313 e. The van der Waals surface area contributed by atoms with Crippen molar-refractivity contribution < 1.29 is 8.42 Å². The maximum Gasteiger partial charge on any atom is 0.210 e. The lowest BCUT2D eigenvalue weighted by atomic mass is 9.87. The molecule has 0 aliphatic heterocycles. The Morgan fingerprint density at radius 2 is 2.19 bits per heavy atom. The van der Waals surface area contributed by atoms with E-state index in [0.717, 1.165) is 5.92 Å². The summed E-state index contributed by atoms with van der Waals surface area (Å²) in [5.74, 6) is 2.14. The molecule has 0 aromatic carbocycles. The van der Waals surface area contributed by atoms with E-state index in [4.69, 9.17) is 5.14 Å². The second-order valence-corrected chi connectivity index (χ2v) is 6.79. The minimum atomic E-state index is -3.33. The molecule has 0 saturated heterocycles. The predicted molar refractivity (Wildman–Crippen MR) is 64.3 cm³/mol. The number of sulfonamides is 1. The molecule has 0 spiro atoms. The summed E-state index contributed by atoms with van der Waals surface area (Å²) in [6.45, 7) is 2.60. The van der Waals surface area contributed by atoms with E-state index in [-0.39, 0.29) is 5.75 Å². The molecular formula is C11H20N2O2S. The number of allylic oxidation sites excluding steroid dienone is 2. The van der Waals surface area contributed by atoms with Crippen molar-refractivity contribution >= 4 is 10.0 Å². The van der Waals surface area contributed by atoms with Gasteiger partial charge in [0.05, 0.1) is 5.75 Å². The molecule has 1 fully saturated rings. The van der Waals surface area contributed by atoms with Crippen molar-refractivity contribution in [3.8, 4) is 0 Å². The fourth-order valence-electron chi connectivity index (χ4n) is 2.98. The van der Waals surface area contributed by atoms with Crippen LogP contribution in [0.15, 0.2) is 12.2 Å². The molecule has 0 heterocycles. The van der Waals surface area contributed by atoms with Crippen LogP contribution in [0.25, 0.3) is 0 Å². The standard InChI is InChI=1S/C11H20N2O2S/c1-8(13-4-5-16(12,14)15)11-7-9-2-3-10(11)6-9/h2-3,8-11,13H,4-7H2,1H3,(H2,12,14,15). The topological polar surface area (TPSA) is 72.2 Å². The summed E-state index contributed by atoms with van der Waals surface area (Å²) >= 11 is 0. The number of hydrogen-bond donors (Lipinski definition) is 2. The highest BCUT2D eigenvalue weighted by Crippen LogP contribution is 2.44. The Bertz CT molecular complexity index is 377. The molecule has 2 aliphatic rings. The van der Waals surface area contributed by atoms with Gasteiger partial charge >= 0.3 is 0 Å². The number of fused-ring (bicyclic) bond motifs is 2. The number of primary sulfonamides is 1. The summed E-state index contributed by atoms with van der Waals surface area (Å²) in [6.07, 6.45) is 7.16. The Morgan fingerprint density at radius 3 is 2.69 bits per heavy atom.